The third-order valence-corrected chi connectivity index (χ3v) is 24.9. The molecule has 0 aromatic carbocycles. The van der Waals surface area contributed by atoms with Crippen molar-refractivity contribution in [3.05, 3.63) is 11.6 Å². The van der Waals surface area contributed by atoms with E-state index in [0.29, 0.717) is 32.1 Å². The van der Waals surface area contributed by atoms with Crippen molar-refractivity contribution in [3.8, 4) is 0 Å². The molecule has 0 spiro atoms. The number of hydrogen-bond acceptors (Lipinski definition) is 33. The molecule has 20 N–H and O–H groups in total. The van der Waals surface area contributed by atoms with Gasteiger partial charge in [-0.1, -0.05) is 53.2 Å². The van der Waals surface area contributed by atoms with E-state index >= 15 is 4.79 Å². The second kappa shape index (κ2) is 28.4. The molecule has 6 aliphatic heterocycles. The van der Waals surface area contributed by atoms with E-state index in [0.717, 1.165) is 5.57 Å². The highest BCUT2D eigenvalue weighted by Gasteiger charge is 2.73. The highest BCUT2D eigenvalue weighted by atomic mass is 16.8. The molecule has 558 valence electrons. The van der Waals surface area contributed by atoms with Crippen LogP contribution in [0.2, 0.25) is 0 Å². The molecule has 0 aromatic rings. The molecule has 0 amide bonds. The Labute approximate surface area is 559 Å². The van der Waals surface area contributed by atoms with Crippen molar-refractivity contribution in [3.63, 3.8) is 0 Å². The monoisotopic (exact) mass is 1400 g/mol. The zero-order valence-corrected chi connectivity index (χ0v) is 55.4. The molecule has 97 heavy (non-hydrogen) atoms. The molecular formula is C64H104O33. The van der Waals surface area contributed by atoms with E-state index in [1.165, 1.54) is 6.92 Å². The third-order valence-electron chi connectivity index (χ3n) is 24.9. The van der Waals surface area contributed by atoms with E-state index in [1.807, 2.05) is 0 Å². The quantitative estimate of drug-likeness (QED) is 0.0388. The van der Waals surface area contributed by atoms with E-state index < -0.39 is 275 Å². The number of carbonyl (C=O) groups is 1. The summed E-state index contributed by atoms with van der Waals surface area (Å²) in [6.07, 6.45) is -46.9. The van der Waals surface area contributed by atoms with E-state index in [1.54, 1.807) is 6.92 Å². The molecule has 5 aliphatic carbocycles. The number of aliphatic hydroxyl groups is 20. The summed E-state index contributed by atoms with van der Waals surface area (Å²) in [5, 5.41) is 220. The number of ether oxygens (including phenoxy) is 12. The van der Waals surface area contributed by atoms with Gasteiger partial charge in [0.15, 0.2) is 37.6 Å². The van der Waals surface area contributed by atoms with Crippen LogP contribution in [0.1, 0.15) is 99.8 Å². The Morgan fingerprint density at radius 1 is 0.505 bits per heavy atom. The first-order valence-corrected chi connectivity index (χ1v) is 33.9. The largest absolute Gasteiger partial charge is 0.432 e. The predicted octanol–water partition coefficient (Wildman–Crippen LogP) is -7.17. The molecule has 11 rings (SSSR count). The normalized spacial score (nSPS) is 55.5. The number of rotatable bonds is 16. The van der Waals surface area contributed by atoms with Crippen molar-refractivity contribution in [2.24, 2.45) is 50.2 Å². The number of carbonyl (C=O) groups excluding carboxylic acids is 1. The predicted molar refractivity (Wildman–Crippen MR) is 319 cm³/mol. The van der Waals surface area contributed by atoms with Gasteiger partial charge in [-0.25, -0.2) is 0 Å². The fourth-order valence-corrected chi connectivity index (χ4v) is 18.9. The molecule has 33 nitrogen and oxygen atoms in total. The Bertz CT molecular complexity index is 2740. The topological polar surface area (TPSA) is 532 Å². The SMILES string of the molecule is C[C@@H]1O[C@@H](O[C@@H]2[C@@H](OC(=O)[C@]34CCC(C)(C)C[C@H]3C3=CC[C@@H]5[C@@]6(C)C[C@H](O)[C@H](O[C@@H]7O[C@H](CO[C@@H]8O[C@H](CO[C@@H]9O[C@H](CO)[C@@H](O)[C@H](O)[C@H]9O)[C@@H](O)[C@H](O)[C@H]8O)[C@@H](O)[C@H](O)[C@H]7O)[C@@](C)(CO)[C@@H]6CC[C@@]5(C)[C@]3(C)C[C@H]4O)OC[C@H](O)[C@@H]2O)[C@H](O)[C@H](O)[C@H]1O[C@@H]1OC[C@@H](O)[C@H](O)[C@H]1O. The van der Waals surface area contributed by atoms with Crippen molar-refractivity contribution < 1.29 is 164 Å². The van der Waals surface area contributed by atoms with Crippen LogP contribution in [0.15, 0.2) is 11.6 Å². The Kier molecular flexibility index (Phi) is 22.3. The van der Waals surface area contributed by atoms with Gasteiger partial charge in [0.25, 0.3) is 0 Å². The first-order valence-electron chi connectivity index (χ1n) is 33.9. The third kappa shape index (κ3) is 13.0. The number of hydrogen-bond donors (Lipinski definition) is 20. The maximum Gasteiger partial charge on any atom is 0.317 e. The van der Waals surface area contributed by atoms with Crippen LogP contribution in [0.5, 0.6) is 0 Å². The molecular weight excluding hydrogens is 1300 g/mol. The highest BCUT2D eigenvalue weighted by molar-refractivity contribution is 5.80. The van der Waals surface area contributed by atoms with Crippen molar-refractivity contribution >= 4 is 5.97 Å². The second-order valence-electron chi connectivity index (χ2n) is 31.2. The summed E-state index contributed by atoms with van der Waals surface area (Å²) >= 11 is 0. The summed E-state index contributed by atoms with van der Waals surface area (Å²) in [4.78, 5) is 15.5. The zero-order valence-electron chi connectivity index (χ0n) is 55.4. The van der Waals surface area contributed by atoms with Gasteiger partial charge in [-0.05, 0) is 97.7 Å². The van der Waals surface area contributed by atoms with Gasteiger partial charge in [-0.15, -0.1) is 0 Å². The summed E-state index contributed by atoms with van der Waals surface area (Å²) in [6, 6.07) is 0. The smallest absolute Gasteiger partial charge is 0.317 e. The van der Waals surface area contributed by atoms with Crippen LogP contribution in [0.25, 0.3) is 0 Å². The molecule has 6 saturated heterocycles. The van der Waals surface area contributed by atoms with Crippen LogP contribution in [0, 0.1) is 50.2 Å². The van der Waals surface area contributed by atoms with Crippen LogP contribution >= 0.6 is 0 Å². The van der Waals surface area contributed by atoms with Gasteiger partial charge in [-0.2, -0.15) is 0 Å². The maximum absolute atomic E-state index is 15.5. The second-order valence-corrected chi connectivity index (χ2v) is 31.2. The zero-order chi connectivity index (χ0) is 70.9. The summed E-state index contributed by atoms with van der Waals surface area (Å²) in [5.74, 6) is -2.13. The minimum atomic E-state index is -1.96. The first-order chi connectivity index (χ1) is 45.4. The summed E-state index contributed by atoms with van der Waals surface area (Å²) in [5.41, 5.74) is -4.52. The van der Waals surface area contributed by atoms with Crippen LogP contribution < -0.4 is 0 Å². The number of aliphatic hydroxyl groups excluding tert-OH is 20. The number of allylic oxidation sites excluding steroid dienone is 2. The number of fused-ring (bicyclic) bond motifs is 7. The average molecular weight is 1400 g/mol. The van der Waals surface area contributed by atoms with Gasteiger partial charge in [0.05, 0.1) is 64.1 Å². The first kappa shape index (κ1) is 76.1. The Morgan fingerprint density at radius 3 is 1.62 bits per heavy atom. The maximum atomic E-state index is 15.5. The summed E-state index contributed by atoms with van der Waals surface area (Å²) in [7, 11) is 0. The van der Waals surface area contributed by atoms with E-state index in [4.69, 9.17) is 56.8 Å². The fraction of sp³-hybridized carbons (Fsp3) is 0.953. The lowest BCUT2D eigenvalue weighted by molar-refractivity contribution is -0.369. The fourth-order valence-electron chi connectivity index (χ4n) is 18.9. The number of esters is 1. The van der Waals surface area contributed by atoms with E-state index in [9.17, 15) is 102 Å². The lowest BCUT2D eigenvalue weighted by atomic mass is 9.33. The minimum Gasteiger partial charge on any atom is -0.432 e. The van der Waals surface area contributed by atoms with Crippen LogP contribution in [-0.4, -0.2) is 338 Å². The molecule has 11 aliphatic rings. The van der Waals surface area contributed by atoms with Crippen LogP contribution in [-0.2, 0) is 61.6 Å². The summed E-state index contributed by atoms with van der Waals surface area (Å²) in [6.45, 7) is 10.1. The minimum absolute atomic E-state index is 0.0748. The molecule has 6 heterocycles. The molecule has 33 heteroatoms. The molecule has 0 bridgehead atoms. The Balaban J connectivity index is 0.779. The van der Waals surface area contributed by atoms with Crippen LogP contribution in [0.4, 0.5) is 0 Å². The molecule has 0 unspecified atom stereocenters. The standard InChI is InChI=1S/C64H104O33/c1-23-49(94-54-44(80)35(71)27(68)18-86-54)43(79)48(84)55(90-23)95-50-36(72)28(69)19-87-57(50)97-58(85)64-13-12-59(2,3)14-25(64)24-8-9-33-60(4)15-26(67)51(61(5,22-66)32(60)10-11-62(33,6)63(24,7)16-34(64)70)96-56-47(83)42(78)39(75)31(93-56)21-89-53-46(82)41(77)38(74)30(92-53)20-88-52-45(81)40(76)37(73)29(17-65)91-52/h8,23,25-57,65-84H,9-22H2,1-7H3/t23-,25-,26-,27+,28-,29+,30+,31+,32+,33+,34+,35-,36-,37+,38+,39+,40-,41-,42-,43-,44+,45+,46+,47+,48+,49-,50-,51-,52+,53+,54-,55-,56-,57+,60-,61-,62+,63+,64+/m0/s1. The van der Waals surface area contributed by atoms with E-state index in [2.05, 4.69) is 40.7 Å². The van der Waals surface area contributed by atoms with Gasteiger partial charge in [0.2, 0.25) is 6.29 Å². The van der Waals surface area contributed by atoms with E-state index in [-0.39, 0.29) is 30.6 Å². The lowest BCUT2D eigenvalue weighted by Gasteiger charge is -2.72. The van der Waals surface area contributed by atoms with Crippen molar-refractivity contribution in [2.75, 3.05) is 39.6 Å². The van der Waals surface area contributed by atoms with Gasteiger partial charge in [-0.3, -0.25) is 4.79 Å². The molecule has 4 saturated carbocycles. The van der Waals surface area contributed by atoms with Crippen molar-refractivity contribution in [1.82, 2.24) is 0 Å². The van der Waals surface area contributed by atoms with Gasteiger partial charge in [0.1, 0.15) is 127 Å². The molecule has 10 fully saturated rings. The van der Waals surface area contributed by atoms with Crippen LogP contribution in [0.3, 0.4) is 0 Å². The van der Waals surface area contributed by atoms with Crippen molar-refractivity contribution in [2.45, 2.75) is 290 Å². The van der Waals surface area contributed by atoms with Gasteiger partial charge >= 0.3 is 5.97 Å². The highest BCUT2D eigenvalue weighted by Crippen LogP contribution is 2.76. The Morgan fingerprint density at radius 2 is 1.02 bits per heavy atom. The molecule has 0 aromatic heterocycles. The molecule has 0 radical (unpaired) electrons. The summed E-state index contributed by atoms with van der Waals surface area (Å²) < 4.78 is 70.2. The van der Waals surface area contributed by atoms with Crippen molar-refractivity contribution in [1.29, 1.82) is 0 Å². The van der Waals surface area contributed by atoms with Gasteiger partial charge in [0, 0.05) is 5.41 Å². The Hall–Kier alpha value is -2.03. The average Bonchev–Trinajstić information content (AvgIpc) is 0.670. The van der Waals surface area contributed by atoms with Gasteiger partial charge < -0.3 is 159 Å². The molecule has 39 atom stereocenters. The lowest BCUT2D eigenvalue weighted by Crippen LogP contribution is -2.70.